The number of benzene rings is 3. The summed E-state index contributed by atoms with van der Waals surface area (Å²) in [6, 6.07) is 18.2. The molecule has 0 aliphatic carbocycles. The molecule has 1 amide bonds. The molecule has 210 valence electrons. The molecule has 2 aliphatic rings. The number of fused-ring (bicyclic) bond motifs is 1. The van der Waals surface area contributed by atoms with Gasteiger partial charge in [0.25, 0.3) is 0 Å². The number of aryl methyl sites for hydroxylation is 2. The number of amides is 1. The molecule has 2 heterocycles. The van der Waals surface area contributed by atoms with E-state index in [4.69, 9.17) is 14.2 Å². The average molecular weight is 544 g/mol. The van der Waals surface area contributed by atoms with Crippen LogP contribution in [0.5, 0.6) is 17.2 Å². The number of hydrogen-bond donors (Lipinski definition) is 1. The predicted octanol–water partition coefficient (Wildman–Crippen LogP) is 6.14. The van der Waals surface area contributed by atoms with E-state index in [2.05, 4.69) is 38.1 Å². The quantitative estimate of drug-likeness (QED) is 0.368. The van der Waals surface area contributed by atoms with Crippen LogP contribution in [0.25, 0.3) is 11.1 Å². The first-order valence-corrected chi connectivity index (χ1v) is 13.9. The Hall–Kier alpha value is -4.00. The summed E-state index contributed by atoms with van der Waals surface area (Å²) in [5.74, 6) is 0.914. The number of ether oxygens (including phenoxy) is 3. The number of carboxylic acids is 1. The van der Waals surface area contributed by atoms with Crippen molar-refractivity contribution < 1.29 is 28.9 Å². The molecular weight excluding hydrogens is 506 g/mol. The Labute approximate surface area is 235 Å². The Balaban J connectivity index is 1.24. The molecule has 1 fully saturated rings. The maximum atomic E-state index is 11.6. The fourth-order valence-corrected chi connectivity index (χ4v) is 5.80. The fourth-order valence-electron chi connectivity index (χ4n) is 5.80. The van der Waals surface area contributed by atoms with Crippen LogP contribution in [-0.2, 0) is 16.2 Å². The van der Waals surface area contributed by atoms with Crippen molar-refractivity contribution in [2.45, 2.75) is 59.2 Å². The van der Waals surface area contributed by atoms with Crippen LogP contribution in [0.1, 0.15) is 54.9 Å². The highest BCUT2D eigenvalue weighted by Crippen LogP contribution is 2.40. The lowest BCUT2D eigenvalue weighted by Gasteiger charge is -2.31. The molecule has 7 heteroatoms. The van der Waals surface area contributed by atoms with Crippen LogP contribution in [0.3, 0.4) is 0 Å². The van der Waals surface area contributed by atoms with E-state index in [0.29, 0.717) is 24.7 Å². The molecule has 0 aromatic heterocycles. The van der Waals surface area contributed by atoms with E-state index in [0.717, 1.165) is 59.5 Å². The van der Waals surface area contributed by atoms with Crippen molar-refractivity contribution in [2.75, 3.05) is 19.7 Å². The van der Waals surface area contributed by atoms with E-state index in [1.807, 2.05) is 35.2 Å². The summed E-state index contributed by atoms with van der Waals surface area (Å²) < 4.78 is 18.2. The topological polar surface area (TPSA) is 85.3 Å². The smallest absolute Gasteiger partial charge is 0.306 e. The van der Waals surface area contributed by atoms with Crippen LogP contribution in [0.15, 0.2) is 54.6 Å². The van der Waals surface area contributed by atoms with Gasteiger partial charge in [0.15, 0.2) is 0 Å². The van der Waals surface area contributed by atoms with Crippen molar-refractivity contribution in [2.24, 2.45) is 5.92 Å². The maximum absolute atomic E-state index is 11.6. The summed E-state index contributed by atoms with van der Waals surface area (Å²) in [4.78, 5) is 24.9. The van der Waals surface area contributed by atoms with Gasteiger partial charge in [0.2, 0.25) is 5.91 Å². The molecule has 0 bridgehead atoms. The Morgan fingerprint density at radius 1 is 1.02 bits per heavy atom. The summed E-state index contributed by atoms with van der Waals surface area (Å²) in [5, 5.41) is 9.38. The molecule has 40 heavy (non-hydrogen) atoms. The fraction of sp³-hybridized carbons (Fsp3) is 0.394. The maximum Gasteiger partial charge on any atom is 0.306 e. The van der Waals surface area contributed by atoms with E-state index in [-0.39, 0.29) is 17.9 Å². The van der Waals surface area contributed by atoms with Gasteiger partial charge in [0.1, 0.15) is 30.0 Å². The molecule has 2 atom stereocenters. The van der Waals surface area contributed by atoms with Gasteiger partial charge in [0, 0.05) is 50.4 Å². The molecule has 0 saturated carbocycles. The predicted molar refractivity (Wildman–Crippen MR) is 153 cm³/mol. The number of hydrogen-bond acceptors (Lipinski definition) is 5. The largest absolute Gasteiger partial charge is 0.492 e. The number of likely N-dealkylation sites (tertiary alicyclic amines) is 1. The second kappa shape index (κ2) is 11.6. The zero-order valence-corrected chi connectivity index (χ0v) is 23.6. The van der Waals surface area contributed by atoms with Gasteiger partial charge < -0.3 is 24.2 Å². The molecule has 7 nitrogen and oxygen atoms in total. The highest BCUT2D eigenvalue weighted by Gasteiger charge is 2.33. The second-order valence-electron chi connectivity index (χ2n) is 11.0. The van der Waals surface area contributed by atoms with E-state index in [1.54, 1.807) is 13.8 Å². The van der Waals surface area contributed by atoms with Crippen LogP contribution in [0.4, 0.5) is 0 Å². The zero-order valence-electron chi connectivity index (χ0n) is 23.6. The number of piperidine rings is 1. The number of carbonyl (C=O) groups excluding carboxylic acids is 1. The Morgan fingerprint density at radius 2 is 1.75 bits per heavy atom. The lowest BCUT2D eigenvalue weighted by atomic mass is 9.89. The third kappa shape index (κ3) is 5.93. The SMILES string of the molecule is CC(=O)N1CCC(Oc2cc(C)c(-c3cccc(COc4ccc5c(c4)OCC5[C@H](C)C(=O)O)c3)c(C)c2)CC1. The van der Waals surface area contributed by atoms with Crippen molar-refractivity contribution in [1.82, 2.24) is 4.90 Å². The van der Waals surface area contributed by atoms with Crippen molar-refractivity contribution in [3.8, 4) is 28.4 Å². The summed E-state index contributed by atoms with van der Waals surface area (Å²) in [7, 11) is 0. The van der Waals surface area contributed by atoms with Gasteiger partial charge in [-0.25, -0.2) is 0 Å². The molecule has 3 aromatic carbocycles. The van der Waals surface area contributed by atoms with E-state index in [9.17, 15) is 14.7 Å². The minimum absolute atomic E-state index is 0.122. The van der Waals surface area contributed by atoms with Crippen LogP contribution >= 0.6 is 0 Å². The Bertz CT molecular complexity index is 1380. The molecule has 3 aromatic rings. The first kappa shape index (κ1) is 27.6. The zero-order chi connectivity index (χ0) is 28.4. The molecule has 1 N–H and O–H groups in total. The van der Waals surface area contributed by atoms with Crippen molar-refractivity contribution in [1.29, 1.82) is 0 Å². The Kier molecular flexibility index (Phi) is 8.01. The van der Waals surface area contributed by atoms with Crippen LogP contribution in [-0.4, -0.2) is 47.7 Å². The van der Waals surface area contributed by atoms with Gasteiger partial charge in [-0.1, -0.05) is 31.2 Å². The van der Waals surface area contributed by atoms with Crippen molar-refractivity contribution >= 4 is 11.9 Å². The molecule has 2 aliphatic heterocycles. The second-order valence-corrected chi connectivity index (χ2v) is 11.0. The monoisotopic (exact) mass is 543 g/mol. The number of carbonyl (C=O) groups is 2. The number of nitrogens with zero attached hydrogens (tertiary/aromatic N) is 1. The van der Waals surface area contributed by atoms with Crippen molar-refractivity contribution in [3.05, 3.63) is 76.9 Å². The number of rotatable bonds is 8. The lowest BCUT2D eigenvalue weighted by Crippen LogP contribution is -2.40. The van der Waals surface area contributed by atoms with Crippen LogP contribution in [0, 0.1) is 19.8 Å². The minimum atomic E-state index is -0.819. The van der Waals surface area contributed by atoms with Gasteiger partial charge in [-0.3, -0.25) is 9.59 Å². The highest BCUT2D eigenvalue weighted by atomic mass is 16.5. The molecule has 1 unspecified atom stereocenters. The molecule has 0 radical (unpaired) electrons. The minimum Gasteiger partial charge on any atom is -0.492 e. The van der Waals surface area contributed by atoms with Gasteiger partial charge >= 0.3 is 5.97 Å². The average Bonchev–Trinajstić information content (AvgIpc) is 3.35. The van der Waals surface area contributed by atoms with Gasteiger partial charge in [-0.2, -0.15) is 0 Å². The van der Waals surface area contributed by atoms with Gasteiger partial charge in [-0.05, 0) is 65.9 Å². The summed E-state index contributed by atoms with van der Waals surface area (Å²) in [6.07, 6.45) is 1.82. The normalized spacial score (nSPS) is 17.6. The first-order valence-electron chi connectivity index (χ1n) is 13.9. The third-order valence-corrected chi connectivity index (χ3v) is 8.11. The summed E-state index contributed by atoms with van der Waals surface area (Å²) in [5.41, 5.74) is 6.58. The van der Waals surface area contributed by atoms with Gasteiger partial charge in [-0.15, -0.1) is 0 Å². The standard InChI is InChI=1S/C33H37NO6/c1-20-14-28(40-26-10-12-34(13-11-26)23(4)35)15-21(2)32(20)25-7-5-6-24(16-25)18-38-27-8-9-29-30(22(3)33(36)37)19-39-31(29)17-27/h5-9,14-17,22,26,30H,10-13,18-19H2,1-4H3,(H,36,37)/t22-,30?/m0/s1. The first-order chi connectivity index (χ1) is 19.2. The third-order valence-electron chi connectivity index (χ3n) is 8.11. The lowest BCUT2D eigenvalue weighted by molar-refractivity contribution is -0.142. The highest BCUT2D eigenvalue weighted by molar-refractivity contribution is 5.74. The molecule has 0 spiro atoms. The van der Waals surface area contributed by atoms with Crippen LogP contribution in [0.2, 0.25) is 0 Å². The molecule has 5 rings (SSSR count). The summed E-state index contributed by atoms with van der Waals surface area (Å²) in [6.45, 7) is 9.82. The van der Waals surface area contributed by atoms with Gasteiger partial charge in [0.05, 0.1) is 12.5 Å². The van der Waals surface area contributed by atoms with E-state index in [1.165, 1.54) is 5.56 Å². The van der Waals surface area contributed by atoms with Crippen LogP contribution < -0.4 is 14.2 Å². The Morgan fingerprint density at radius 3 is 2.42 bits per heavy atom. The molecule has 1 saturated heterocycles. The van der Waals surface area contributed by atoms with E-state index < -0.39 is 11.9 Å². The molecular formula is C33H37NO6. The number of aliphatic carboxylic acids is 1. The van der Waals surface area contributed by atoms with Crippen molar-refractivity contribution in [3.63, 3.8) is 0 Å². The van der Waals surface area contributed by atoms with E-state index >= 15 is 0 Å². The number of carboxylic acid groups (broad SMARTS) is 1. The summed E-state index contributed by atoms with van der Waals surface area (Å²) >= 11 is 0.